The second-order valence-corrected chi connectivity index (χ2v) is 5.42. The molecule has 0 radical (unpaired) electrons. The zero-order valence-electron chi connectivity index (χ0n) is 11.1. The molecule has 0 N–H and O–H groups in total. The molecule has 0 spiro atoms. The van der Waals surface area contributed by atoms with Crippen molar-refractivity contribution in [2.45, 2.75) is 20.3 Å². The molecule has 0 saturated carbocycles. The first-order chi connectivity index (χ1) is 9.40. The minimum atomic E-state index is -0.555. The standard InChI is InChI=1S/C15H13Cl2NO2/c1-9-6-14(19)11(7-15(17)20)8-18(9)13-5-3-4-12(16)10(13)2/h3-6,8H,7H2,1-2H3. The summed E-state index contributed by atoms with van der Waals surface area (Å²) in [7, 11) is 0. The van der Waals surface area contributed by atoms with Crippen molar-refractivity contribution in [2.75, 3.05) is 0 Å². The van der Waals surface area contributed by atoms with Gasteiger partial charge in [0.15, 0.2) is 5.43 Å². The second-order valence-electron chi connectivity index (χ2n) is 4.59. The summed E-state index contributed by atoms with van der Waals surface area (Å²) in [4.78, 5) is 22.9. The zero-order chi connectivity index (χ0) is 14.9. The van der Waals surface area contributed by atoms with Crippen LogP contribution in [0.25, 0.3) is 5.69 Å². The summed E-state index contributed by atoms with van der Waals surface area (Å²) in [6, 6.07) is 7.05. The highest BCUT2D eigenvalue weighted by Crippen LogP contribution is 2.23. The number of pyridine rings is 1. The van der Waals surface area contributed by atoms with Gasteiger partial charge in [-0.1, -0.05) is 17.7 Å². The maximum atomic E-state index is 11.9. The molecule has 0 fully saturated rings. The van der Waals surface area contributed by atoms with Gasteiger partial charge in [-0.15, -0.1) is 0 Å². The van der Waals surface area contributed by atoms with E-state index in [9.17, 15) is 9.59 Å². The SMILES string of the molecule is Cc1c(Cl)cccc1-n1cc(CC(=O)Cl)c(=O)cc1C. The lowest BCUT2D eigenvalue weighted by molar-refractivity contribution is -0.111. The number of halogens is 2. The molecule has 0 atom stereocenters. The number of rotatable bonds is 3. The van der Waals surface area contributed by atoms with Crippen LogP contribution in [0.5, 0.6) is 0 Å². The Morgan fingerprint density at radius 1 is 1.30 bits per heavy atom. The van der Waals surface area contributed by atoms with Gasteiger partial charge in [0, 0.05) is 34.2 Å². The van der Waals surface area contributed by atoms with Gasteiger partial charge in [-0.3, -0.25) is 9.59 Å². The van der Waals surface area contributed by atoms with Crippen molar-refractivity contribution in [3.05, 3.63) is 62.5 Å². The minimum Gasteiger partial charge on any atom is -0.320 e. The lowest BCUT2D eigenvalue weighted by Crippen LogP contribution is -2.16. The molecule has 5 heteroatoms. The lowest BCUT2D eigenvalue weighted by Gasteiger charge is -2.15. The average molecular weight is 310 g/mol. The van der Waals surface area contributed by atoms with Crippen molar-refractivity contribution in [3.63, 3.8) is 0 Å². The van der Waals surface area contributed by atoms with Gasteiger partial charge in [-0.05, 0) is 43.1 Å². The molecule has 2 rings (SSSR count). The summed E-state index contributed by atoms with van der Waals surface area (Å²) in [5, 5.41) is 0.0934. The first-order valence-corrected chi connectivity index (χ1v) is 6.81. The molecule has 0 unspecified atom stereocenters. The van der Waals surface area contributed by atoms with Crippen molar-refractivity contribution in [3.8, 4) is 5.69 Å². The number of aryl methyl sites for hydroxylation is 1. The van der Waals surface area contributed by atoms with E-state index in [1.54, 1.807) is 12.3 Å². The summed E-state index contributed by atoms with van der Waals surface area (Å²) >= 11 is 11.5. The second kappa shape index (κ2) is 5.81. The van der Waals surface area contributed by atoms with Crippen LogP contribution in [-0.2, 0) is 11.2 Å². The number of carbonyl (C=O) groups is 1. The van der Waals surface area contributed by atoms with Gasteiger partial charge in [0.1, 0.15) is 0 Å². The smallest absolute Gasteiger partial charge is 0.226 e. The fraction of sp³-hybridized carbons (Fsp3) is 0.200. The van der Waals surface area contributed by atoms with Gasteiger partial charge in [0.05, 0.1) is 6.42 Å². The normalized spacial score (nSPS) is 10.6. The average Bonchev–Trinajstić information content (AvgIpc) is 2.36. The number of aromatic nitrogens is 1. The number of benzene rings is 1. The third-order valence-corrected chi connectivity index (χ3v) is 3.69. The predicted molar refractivity (Wildman–Crippen MR) is 81.1 cm³/mol. The van der Waals surface area contributed by atoms with E-state index in [1.165, 1.54) is 6.07 Å². The van der Waals surface area contributed by atoms with E-state index in [0.717, 1.165) is 16.9 Å². The Kier molecular flexibility index (Phi) is 4.31. The van der Waals surface area contributed by atoms with Gasteiger partial charge in [-0.25, -0.2) is 0 Å². The van der Waals surface area contributed by atoms with Crippen molar-refractivity contribution in [1.82, 2.24) is 4.57 Å². The zero-order valence-corrected chi connectivity index (χ0v) is 12.6. The predicted octanol–water partition coefficient (Wildman–Crippen LogP) is 3.42. The van der Waals surface area contributed by atoms with E-state index in [1.807, 2.05) is 30.5 Å². The van der Waals surface area contributed by atoms with Gasteiger partial charge < -0.3 is 4.57 Å². The molecule has 0 bridgehead atoms. The Bertz CT molecular complexity index is 735. The molecule has 1 aromatic heterocycles. The molecule has 3 nitrogen and oxygen atoms in total. The fourth-order valence-corrected chi connectivity index (χ4v) is 2.39. The molecular weight excluding hydrogens is 297 g/mol. The largest absolute Gasteiger partial charge is 0.320 e. The molecule has 20 heavy (non-hydrogen) atoms. The van der Waals surface area contributed by atoms with Crippen LogP contribution >= 0.6 is 23.2 Å². The number of hydrogen-bond donors (Lipinski definition) is 0. The molecule has 1 heterocycles. The molecule has 0 aliphatic heterocycles. The Morgan fingerprint density at radius 3 is 2.65 bits per heavy atom. The van der Waals surface area contributed by atoms with Crippen LogP contribution in [0.2, 0.25) is 5.02 Å². The third-order valence-electron chi connectivity index (χ3n) is 3.15. The maximum Gasteiger partial charge on any atom is 0.226 e. The summed E-state index contributed by atoms with van der Waals surface area (Å²) in [5.41, 5.74) is 2.73. The first-order valence-electron chi connectivity index (χ1n) is 6.06. The van der Waals surface area contributed by atoms with Crippen molar-refractivity contribution in [2.24, 2.45) is 0 Å². The van der Waals surface area contributed by atoms with E-state index in [0.29, 0.717) is 10.6 Å². The van der Waals surface area contributed by atoms with E-state index in [-0.39, 0.29) is 11.8 Å². The van der Waals surface area contributed by atoms with Gasteiger partial charge >= 0.3 is 0 Å². The monoisotopic (exact) mass is 309 g/mol. The Labute approximate surface area is 126 Å². The molecular formula is C15H13Cl2NO2. The topological polar surface area (TPSA) is 39.1 Å². The Hall–Kier alpha value is -1.58. The molecule has 0 amide bonds. The van der Waals surface area contributed by atoms with Crippen LogP contribution in [0, 0.1) is 13.8 Å². The van der Waals surface area contributed by atoms with Crippen molar-refractivity contribution < 1.29 is 4.79 Å². The summed E-state index contributed by atoms with van der Waals surface area (Å²) in [5.74, 6) is 0. The van der Waals surface area contributed by atoms with Gasteiger partial charge in [-0.2, -0.15) is 0 Å². The Morgan fingerprint density at radius 2 is 2.00 bits per heavy atom. The van der Waals surface area contributed by atoms with Crippen LogP contribution in [-0.4, -0.2) is 9.81 Å². The lowest BCUT2D eigenvalue weighted by atomic mass is 10.1. The molecule has 2 aromatic rings. The van der Waals surface area contributed by atoms with E-state index in [4.69, 9.17) is 23.2 Å². The number of nitrogens with zero attached hydrogens (tertiary/aromatic N) is 1. The van der Waals surface area contributed by atoms with Crippen LogP contribution in [0.4, 0.5) is 0 Å². The number of hydrogen-bond acceptors (Lipinski definition) is 2. The Balaban J connectivity index is 2.65. The summed E-state index contributed by atoms with van der Waals surface area (Å²) in [6.45, 7) is 3.73. The molecule has 0 aliphatic carbocycles. The van der Waals surface area contributed by atoms with Crippen molar-refractivity contribution in [1.29, 1.82) is 0 Å². The highest BCUT2D eigenvalue weighted by Gasteiger charge is 2.10. The summed E-state index contributed by atoms with van der Waals surface area (Å²) in [6.07, 6.45) is 1.57. The van der Waals surface area contributed by atoms with E-state index in [2.05, 4.69) is 0 Å². The van der Waals surface area contributed by atoms with Crippen LogP contribution in [0.15, 0.2) is 35.3 Å². The third kappa shape index (κ3) is 2.94. The van der Waals surface area contributed by atoms with Gasteiger partial charge in [0.25, 0.3) is 0 Å². The minimum absolute atomic E-state index is 0.0831. The van der Waals surface area contributed by atoms with Crippen LogP contribution < -0.4 is 5.43 Å². The van der Waals surface area contributed by atoms with E-state index < -0.39 is 5.24 Å². The van der Waals surface area contributed by atoms with Crippen LogP contribution in [0.3, 0.4) is 0 Å². The molecule has 0 saturated heterocycles. The number of carbonyl (C=O) groups excluding carboxylic acids is 1. The first kappa shape index (κ1) is 14.8. The quantitative estimate of drug-likeness (QED) is 0.815. The fourth-order valence-electron chi connectivity index (χ4n) is 2.07. The summed E-state index contributed by atoms with van der Waals surface area (Å²) < 4.78 is 1.85. The van der Waals surface area contributed by atoms with Gasteiger partial charge in [0.2, 0.25) is 5.24 Å². The highest BCUT2D eigenvalue weighted by atomic mass is 35.5. The maximum absolute atomic E-state index is 11.9. The van der Waals surface area contributed by atoms with E-state index >= 15 is 0 Å². The van der Waals surface area contributed by atoms with Crippen LogP contribution in [0.1, 0.15) is 16.8 Å². The molecule has 104 valence electrons. The highest BCUT2D eigenvalue weighted by molar-refractivity contribution is 6.63. The molecule has 1 aromatic carbocycles. The van der Waals surface area contributed by atoms with Crippen molar-refractivity contribution >= 4 is 28.4 Å². The molecule has 0 aliphatic rings.